The summed E-state index contributed by atoms with van der Waals surface area (Å²) < 4.78 is 0. The van der Waals surface area contributed by atoms with Crippen molar-refractivity contribution in [1.82, 2.24) is 0 Å². The van der Waals surface area contributed by atoms with E-state index in [1.54, 1.807) is 18.2 Å². The molecule has 0 saturated carbocycles. The van der Waals surface area contributed by atoms with Gasteiger partial charge in [0.15, 0.2) is 0 Å². The summed E-state index contributed by atoms with van der Waals surface area (Å²) in [5.74, 6) is 0.559. The summed E-state index contributed by atoms with van der Waals surface area (Å²) in [6, 6.07) is 10.5. The van der Waals surface area contributed by atoms with Crippen molar-refractivity contribution in [2.45, 2.75) is 18.4 Å². The highest BCUT2D eigenvalue weighted by Crippen LogP contribution is 2.52. The Kier molecular flexibility index (Phi) is 3.74. The molecular weight excluding hydrogens is 347 g/mol. The molecule has 2 aromatic carbocycles. The summed E-state index contributed by atoms with van der Waals surface area (Å²) in [6.45, 7) is 0. The Morgan fingerprint density at radius 2 is 1.92 bits per heavy atom. The Morgan fingerprint density at radius 1 is 1.17 bits per heavy atom. The lowest BCUT2D eigenvalue weighted by atomic mass is 9.77. The Morgan fingerprint density at radius 3 is 2.62 bits per heavy atom. The van der Waals surface area contributed by atoms with Crippen molar-refractivity contribution in [3.8, 4) is 0 Å². The summed E-state index contributed by atoms with van der Waals surface area (Å²) >= 11 is 12.6. The number of rotatable bonds is 2. The highest BCUT2D eigenvalue weighted by atomic mass is 35.5. The number of nitro benzene ring substituents is 1. The van der Waals surface area contributed by atoms with Crippen LogP contribution in [0.1, 0.15) is 29.5 Å². The molecule has 24 heavy (non-hydrogen) atoms. The van der Waals surface area contributed by atoms with Crippen molar-refractivity contribution in [2.75, 3.05) is 5.32 Å². The third-order valence-corrected chi connectivity index (χ3v) is 5.37. The molecule has 1 aliphatic heterocycles. The molecule has 2 aliphatic rings. The number of halogens is 2. The second kappa shape index (κ2) is 5.80. The van der Waals surface area contributed by atoms with E-state index in [9.17, 15) is 10.1 Å². The highest BCUT2D eigenvalue weighted by Gasteiger charge is 2.39. The number of benzene rings is 2. The number of nitro groups is 1. The molecule has 4 rings (SSSR count). The van der Waals surface area contributed by atoms with Crippen LogP contribution in [0.25, 0.3) is 0 Å². The van der Waals surface area contributed by atoms with Crippen LogP contribution in [0.2, 0.25) is 10.0 Å². The van der Waals surface area contributed by atoms with E-state index in [0.717, 1.165) is 23.2 Å². The van der Waals surface area contributed by atoms with Crippen molar-refractivity contribution < 1.29 is 4.92 Å². The minimum atomic E-state index is -0.382. The summed E-state index contributed by atoms with van der Waals surface area (Å²) in [6.07, 6.45) is 5.32. The molecule has 0 spiro atoms. The lowest BCUT2D eigenvalue weighted by Crippen LogP contribution is -2.29. The van der Waals surface area contributed by atoms with Gasteiger partial charge in [-0.3, -0.25) is 10.1 Å². The van der Waals surface area contributed by atoms with Crippen molar-refractivity contribution in [3.63, 3.8) is 0 Å². The number of hydrogen-bond acceptors (Lipinski definition) is 3. The molecule has 2 aromatic rings. The molecule has 0 bridgehead atoms. The first-order chi connectivity index (χ1) is 11.5. The summed E-state index contributed by atoms with van der Waals surface area (Å²) in [5.41, 5.74) is 3.14. The number of allylic oxidation sites excluding steroid dienone is 2. The Labute approximate surface area is 149 Å². The minimum Gasteiger partial charge on any atom is -0.378 e. The van der Waals surface area contributed by atoms with E-state index in [1.807, 2.05) is 18.2 Å². The van der Waals surface area contributed by atoms with Gasteiger partial charge in [0.25, 0.3) is 5.69 Å². The van der Waals surface area contributed by atoms with Crippen LogP contribution in [-0.4, -0.2) is 4.92 Å². The second-order valence-corrected chi connectivity index (χ2v) is 7.02. The normalized spacial score (nSPS) is 24.2. The van der Waals surface area contributed by atoms with Crippen LogP contribution in [-0.2, 0) is 0 Å². The van der Waals surface area contributed by atoms with Gasteiger partial charge in [-0.25, -0.2) is 0 Å². The first-order valence-electron chi connectivity index (χ1n) is 7.71. The van der Waals surface area contributed by atoms with Gasteiger partial charge in [-0.15, -0.1) is 0 Å². The fourth-order valence-corrected chi connectivity index (χ4v) is 4.40. The van der Waals surface area contributed by atoms with Gasteiger partial charge in [0.2, 0.25) is 0 Å². The number of nitrogens with zero attached hydrogens (tertiary/aromatic N) is 1. The van der Waals surface area contributed by atoms with Crippen LogP contribution < -0.4 is 5.32 Å². The van der Waals surface area contributed by atoms with Gasteiger partial charge < -0.3 is 5.32 Å². The Balaban J connectivity index is 1.76. The van der Waals surface area contributed by atoms with E-state index < -0.39 is 0 Å². The Bertz CT molecular complexity index is 849. The molecule has 1 N–H and O–H groups in total. The SMILES string of the molecule is O=[N+]([O-])c1ccc([C@H]2Nc3cc(Cl)cc(Cl)c3[C@H]3C=CC[C@H]32)cc1. The quantitative estimate of drug-likeness (QED) is 0.422. The molecule has 0 fully saturated rings. The molecule has 0 radical (unpaired) electrons. The maximum absolute atomic E-state index is 10.9. The number of anilines is 1. The largest absolute Gasteiger partial charge is 0.378 e. The van der Waals surface area contributed by atoms with E-state index in [-0.39, 0.29) is 22.6 Å². The van der Waals surface area contributed by atoms with Crippen molar-refractivity contribution >= 4 is 34.6 Å². The van der Waals surface area contributed by atoms with Gasteiger partial charge in [0.1, 0.15) is 0 Å². The molecule has 3 atom stereocenters. The van der Waals surface area contributed by atoms with Crippen molar-refractivity contribution in [1.29, 1.82) is 0 Å². The summed E-state index contributed by atoms with van der Waals surface area (Å²) in [5, 5.41) is 15.7. The molecule has 0 aromatic heterocycles. The standard InChI is InChI=1S/C18H14Cl2N2O2/c19-11-8-15(20)17-13-2-1-3-14(13)18(21-16(17)9-11)10-4-6-12(7-5-10)22(23)24/h1-2,4-9,13-14,18,21H,3H2/t13-,14+,18+/m0/s1. The molecule has 6 heteroatoms. The monoisotopic (exact) mass is 360 g/mol. The predicted octanol–water partition coefficient (Wildman–Crippen LogP) is 5.73. The molecule has 0 amide bonds. The zero-order valence-electron chi connectivity index (χ0n) is 12.6. The van der Waals surface area contributed by atoms with E-state index in [4.69, 9.17) is 23.2 Å². The molecule has 0 saturated heterocycles. The highest BCUT2D eigenvalue weighted by molar-refractivity contribution is 6.35. The maximum Gasteiger partial charge on any atom is 0.269 e. The van der Waals surface area contributed by atoms with Crippen LogP contribution in [0.4, 0.5) is 11.4 Å². The van der Waals surface area contributed by atoms with Crippen molar-refractivity contribution in [3.05, 3.63) is 79.8 Å². The van der Waals surface area contributed by atoms with Crippen molar-refractivity contribution in [2.24, 2.45) is 5.92 Å². The molecular formula is C18H14Cl2N2O2. The minimum absolute atomic E-state index is 0.0628. The number of non-ortho nitro benzene ring substituents is 1. The fraction of sp³-hybridized carbons (Fsp3) is 0.222. The number of nitrogens with one attached hydrogen (secondary N) is 1. The Hall–Kier alpha value is -2.04. The van der Waals surface area contributed by atoms with Gasteiger partial charge in [0, 0.05) is 39.3 Å². The average Bonchev–Trinajstić information content (AvgIpc) is 3.02. The molecule has 0 unspecified atom stereocenters. The maximum atomic E-state index is 10.9. The van der Waals surface area contributed by atoms with Gasteiger partial charge in [-0.05, 0) is 30.0 Å². The number of fused-ring (bicyclic) bond motifs is 3. The van der Waals surface area contributed by atoms with Crippen LogP contribution in [0, 0.1) is 16.0 Å². The van der Waals surface area contributed by atoms with Crippen LogP contribution in [0.3, 0.4) is 0 Å². The van der Waals surface area contributed by atoms with Gasteiger partial charge in [-0.2, -0.15) is 0 Å². The molecule has 1 aliphatic carbocycles. The average molecular weight is 361 g/mol. The van der Waals surface area contributed by atoms with Gasteiger partial charge >= 0.3 is 0 Å². The van der Waals surface area contributed by atoms with E-state index in [2.05, 4.69) is 17.5 Å². The lowest BCUT2D eigenvalue weighted by molar-refractivity contribution is -0.384. The molecule has 4 nitrogen and oxygen atoms in total. The van der Waals surface area contributed by atoms with E-state index >= 15 is 0 Å². The zero-order valence-corrected chi connectivity index (χ0v) is 14.1. The first kappa shape index (κ1) is 15.5. The summed E-state index contributed by atoms with van der Waals surface area (Å²) in [7, 11) is 0. The predicted molar refractivity (Wildman–Crippen MR) is 95.9 cm³/mol. The first-order valence-corrected chi connectivity index (χ1v) is 8.46. The van der Waals surface area contributed by atoms with Crippen LogP contribution in [0.5, 0.6) is 0 Å². The molecule has 1 heterocycles. The topological polar surface area (TPSA) is 55.2 Å². The third kappa shape index (κ3) is 2.46. The second-order valence-electron chi connectivity index (χ2n) is 6.17. The van der Waals surface area contributed by atoms with E-state index in [1.165, 1.54) is 0 Å². The lowest BCUT2D eigenvalue weighted by Gasteiger charge is -2.38. The number of hydrogen-bond donors (Lipinski definition) is 1. The van der Waals surface area contributed by atoms with Gasteiger partial charge in [-0.1, -0.05) is 47.5 Å². The van der Waals surface area contributed by atoms with Crippen LogP contribution >= 0.6 is 23.2 Å². The van der Waals surface area contributed by atoms with Crippen LogP contribution in [0.15, 0.2) is 48.6 Å². The fourth-order valence-electron chi connectivity index (χ4n) is 3.78. The van der Waals surface area contributed by atoms with Gasteiger partial charge in [0.05, 0.1) is 11.0 Å². The zero-order chi connectivity index (χ0) is 16.8. The third-order valence-electron chi connectivity index (χ3n) is 4.84. The molecule has 122 valence electrons. The smallest absolute Gasteiger partial charge is 0.269 e. The summed E-state index contributed by atoms with van der Waals surface area (Å²) in [4.78, 5) is 10.5. The van der Waals surface area contributed by atoms with E-state index in [0.29, 0.717) is 16.0 Å².